The summed E-state index contributed by atoms with van der Waals surface area (Å²) in [6.07, 6.45) is 9.64. The van der Waals surface area contributed by atoms with Crippen LogP contribution in [0.4, 0.5) is 11.4 Å². The molecule has 34 heavy (non-hydrogen) atoms. The van der Waals surface area contributed by atoms with Crippen LogP contribution in [0, 0.1) is 5.92 Å². The molecule has 0 radical (unpaired) electrons. The highest BCUT2D eigenvalue weighted by molar-refractivity contribution is 5.92. The van der Waals surface area contributed by atoms with E-state index in [1.165, 1.54) is 38.5 Å². The zero-order chi connectivity index (χ0) is 25.2. The summed E-state index contributed by atoms with van der Waals surface area (Å²) in [5, 5.41) is 16.5. The molecule has 1 saturated carbocycles. The third kappa shape index (κ3) is 10.5. The molecule has 0 aromatic heterocycles. The standard InChI is InChI=1S/C24H32N2O3.C3H8.C2H6/c1-2-3-14-25-21-15-19(24(27)28)16-22(26-17-18-10-6-4-7-11-18)23(21)29-20-12-8-5-9-13-20;1-3-2;1-2/h5,8-9,12-13,15-16,18,25-26H,2-4,6-7,10-11,14,17H2,1H3,(H,27,28);3H2,1-2H3;1-2H3. The smallest absolute Gasteiger partial charge is 0.335 e. The van der Waals surface area contributed by atoms with Gasteiger partial charge in [-0.15, -0.1) is 0 Å². The van der Waals surface area contributed by atoms with Crippen LogP contribution in [-0.2, 0) is 0 Å². The Bertz CT molecular complexity index is 803. The van der Waals surface area contributed by atoms with E-state index in [4.69, 9.17) is 4.74 Å². The molecule has 1 aliphatic carbocycles. The highest BCUT2D eigenvalue weighted by Gasteiger charge is 2.19. The molecule has 0 amide bonds. The Morgan fingerprint density at radius 3 is 2.12 bits per heavy atom. The van der Waals surface area contributed by atoms with E-state index < -0.39 is 5.97 Å². The summed E-state index contributed by atoms with van der Waals surface area (Å²) in [5.74, 6) is 1.08. The first kappa shape index (κ1) is 29.3. The molecule has 5 heteroatoms. The Labute approximate surface area is 207 Å². The van der Waals surface area contributed by atoms with Gasteiger partial charge in [0.25, 0.3) is 0 Å². The highest BCUT2D eigenvalue weighted by Crippen LogP contribution is 2.39. The first-order valence-corrected chi connectivity index (χ1v) is 13.2. The molecule has 0 heterocycles. The summed E-state index contributed by atoms with van der Waals surface area (Å²) < 4.78 is 6.23. The lowest BCUT2D eigenvalue weighted by Gasteiger charge is -2.24. The molecule has 2 aromatic rings. The van der Waals surface area contributed by atoms with E-state index in [-0.39, 0.29) is 5.56 Å². The molecule has 3 N–H and O–H groups in total. The van der Waals surface area contributed by atoms with Gasteiger partial charge in [0.05, 0.1) is 16.9 Å². The van der Waals surface area contributed by atoms with Crippen molar-refractivity contribution in [3.8, 4) is 11.5 Å². The SMILES string of the molecule is CC.CCC.CCCCNc1cc(C(=O)O)cc(NCC2CCCCC2)c1Oc1ccccc1. The number of carbonyl (C=O) groups is 1. The molecule has 2 aromatic carbocycles. The van der Waals surface area contributed by atoms with E-state index in [2.05, 4.69) is 31.4 Å². The van der Waals surface area contributed by atoms with Gasteiger partial charge in [-0.05, 0) is 49.4 Å². The van der Waals surface area contributed by atoms with Crippen molar-refractivity contribution in [1.29, 1.82) is 0 Å². The minimum absolute atomic E-state index is 0.260. The van der Waals surface area contributed by atoms with Gasteiger partial charge in [-0.2, -0.15) is 0 Å². The van der Waals surface area contributed by atoms with Gasteiger partial charge >= 0.3 is 5.97 Å². The zero-order valence-electron chi connectivity index (χ0n) is 22.0. The number of rotatable bonds is 10. The van der Waals surface area contributed by atoms with Gasteiger partial charge in [0, 0.05) is 13.1 Å². The number of anilines is 2. The minimum atomic E-state index is -0.935. The van der Waals surface area contributed by atoms with Crippen LogP contribution in [0.1, 0.15) is 96.3 Å². The van der Waals surface area contributed by atoms with Crippen LogP contribution in [0.15, 0.2) is 42.5 Å². The van der Waals surface area contributed by atoms with Crippen molar-refractivity contribution in [3.05, 3.63) is 48.0 Å². The summed E-state index contributed by atoms with van der Waals surface area (Å²) in [5.41, 5.74) is 1.71. The Balaban J connectivity index is 0.00000107. The number of carboxylic acid groups (broad SMARTS) is 1. The molecule has 0 saturated heterocycles. The lowest BCUT2D eigenvalue weighted by molar-refractivity contribution is 0.0697. The summed E-state index contributed by atoms with van der Waals surface area (Å²) in [6.45, 7) is 12.0. The van der Waals surface area contributed by atoms with Crippen molar-refractivity contribution in [3.63, 3.8) is 0 Å². The average Bonchev–Trinajstić information content (AvgIpc) is 2.87. The number of nitrogens with one attached hydrogen (secondary N) is 2. The maximum Gasteiger partial charge on any atom is 0.335 e. The predicted molar refractivity (Wildman–Crippen MR) is 146 cm³/mol. The molecule has 0 atom stereocenters. The molecule has 3 rings (SSSR count). The maximum atomic E-state index is 11.7. The van der Waals surface area contributed by atoms with Crippen molar-refractivity contribution in [2.75, 3.05) is 23.7 Å². The molecule has 0 aliphatic heterocycles. The molecule has 0 bridgehead atoms. The molecule has 5 nitrogen and oxygen atoms in total. The largest absolute Gasteiger partial charge is 0.478 e. The van der Waals surface area contributed by atoms with Crippen LogP contribution in [0.5, 0.6) is 11.5 Å². The Kier molecular flexibility index (Phi) is 15.3. The molecule has 1 fully saturated rings. The van der Waals surface area contributed by atoms with Crippen molar-refractivity contribution in [1.82, 2.24) is 0 Å². The number of unbranched alkanes of at least 4 members (excludes halogenated alkanes) is 1. The molecular formula is C29H46N2O3. The van der Waals surface area contributed by atoms with Gasteiger partial charge in [0.2, 0.25) is 0 Å². The van der Waals surface area contributed by atoms with E-state index in [1.54, 1.807) is 12.1 Å². The number of aromatic carboxylic acids is 1. The first-order valence-electron chi connectivity index (χ1n) is 13.2. The van der Waals surface area contributed by atoms with Crippen LogP contribution in [-0.4, -0.2) is 24.2 Å². The van der Waals surface area contributed by atoms with E-state index in [0.717, 1.165) is 37.4 Å². The minimum Gasteiger partial charge on any atom is -0.478 e. The van der Waals surface area contributed by atoms with Crippen molar-refractivity contribution < 1.29 is 14.6 Å². The fourth-order valence-electron chi connectivity index (χ4n) is 3.78. The van der Waals surface area contributed by atoms with Crippen LogP contribution < -0.4 is 15.4 Å². The number of ether oxygens (including phenoxy) is 1. The molecule has 190 valence electrons. The number of hydrogen-bond acceptors (Lipinski definition) is 4. The lowest BCUT2D eigenvalue weighted by atomic mass is 9.89. The molecule has 0 spiro atoms. The van der Waals surface area contributed by atoms with Gasteiger partial charge in [0.15, 0.2) is 5.75 Å². The van der Waals surface area contributed by atoms with E-state index >= 15 is 0 Å². The second kappa shape index (κ2) is 17.7. The zero-order valence-corrected chi connectivity index (χ0v) is 22.0. The summed E-state index contributed by atoms with van der Waals surface area (Å²) in [6, 6.07) is 13.0. The third-order valence-electron chi connectivity index (χ3n) is 5.45. The second-order valence-electron chi connectivity index (χ2n) is 8.49. The third-order valence-corrected chi connectivity index (χ3v) is 5.45. The Morgan fingerprint density at radius 1 is 0.971 bits per heavy atom. The number of hydrogen-bond donors (Lipinski definition) is 3. The number of benzene rings is 2. The lowest BCUT2D eigenvalue weighted by Crippen LogP contribution is -2.18. The Hall–Kier alpha value is -2.69. The summed E-state index contributed by atoms with van der Waals surface area (Å²) in [7, 11) is 0. The summed E-state index contributed by atoms with van der Waals surface area (Å²) in [4.78, 5) is 11.7. The fraction of sp³-hybridized carbons (Fsp3) is 0.552. The van der Waals surface area contributed by atoms with E-state index in [9.17, 15) is 9.90 Å². The molecule has 0 unspecified atom stereocenters. The normalized spacial score (nSPS) is 13.0. The van der Waals surface area contributed by atoms with Gasteiger partial charge in [-0.1, -0.05) is 84.9 Å². The van der Waals surface area contributed by atoms with Gasteiger partial charge in [-0.3, -0.25) is 0 Å². The van der Waals surface area contributed by atoms with Gasteiger partial charge < -0.3 is 20.5 Å². The van der Waals surface area contributed by atoms with Crippen LogP contribution in [0.2, 0.25) is 0 Å². The van der Waals surface area contributed by atoms with E-state index in [0.29, 0.717) is 17.4 Å². The van der Waals surface area contributed by atoms with Crippen LogP contribution >= 0.6 is 0 Å². The fourth-order valence-corrected chi connectivity index (χ4v) is 3.78. The summed E-state index contributed by atoms with van der Waals surface area (Å²) >= 11 is 0. The first-order chi connectivity index (χ1) is 16.6. The van der Waals surface area contributed by atoms with Crippen molar-refractivity contribution in [2.24, 2.45) is 5.92 Å². The van der Waals surface area contributed by atoms with Crippen molar-refractivity contribution >= 4 is 17.3 Å². The number of carboxylic acids is 1. The highest BCUT2D eigenvalue weighted by atomic mass is 16.5. The number of para-hydroxylation sites is 1. The quantitative estimate of drug-likeness (QED) is 0.303. The van der Waals surface area contributed by atoms with Gasteiger partial charge in [-0.25, -0.2) is 4.79 Å². The van der Waals surface area contributed by atoms with Crippen LogP contribution in [0.3, 0.4) is 0 Å². The Morgan fingerprint density at radius 2 is 1.56 bits per heavy atom. The van der Waals surface area contributed by atoms with Crippen LogP contribution in [0.25, 0.3) is 0 Å². The second-order valence-corrected chi connectivity index (χ2v) is 8.49. The molecular weight excluding hydrogens is 424 g/mol. The topological polar surface area (TPSA) is 70.6 Å². The monoisotopic (exact) mass is 470 g/mol. The van der Waals surface area contributed by atoms with Gasteiger partial charge in [0.1, 0.15) is 5.75 Å². The predicted octanol–water partition coefficient (Wildman–Crippen LogP) is 8.82. The molecule has 1 aliphatic rings. The average molecular weight is 471 g/mol. The van der Waals surface area contributed by atoms with E-state index in [1.807, 2.05) is 44.2 Å². The van der Waals surface area contributed by atoms with Crippen molar-refractivity contribution in [2.45, 2.75) is 86.0 Å². The maximum absolute atomic E-state index is 11.7.